The van der Waals surface area contributed by atoms with Crippen LogP contribution in [0.3, 0.4) is 0 Å². The molecule has 0 saturated heterocycles. The van der Waals surface area contributed by atoms with E-state index in [2.05, 4.69) is 4.42 Å². The van der Waals surface area contributed by atoms with Crippen LogP contribution in [0.2, 0.25) is 0 Å². The van der Waals surface area contributed by atoms with E-state index in [1.54, 1.807) is 0 Å². The van der Waals surface area contributed by atoms with Gasteiger partial charge in [0.25, 0.3) is 6.43 Å². The Hall–Kier alpha value is -0.610. The predicted molar refractivity (Wildman–Crippen MR) is 38.9 cm³/mol. The lowest BCUT2D eigenvalue weighted by molar-refractivity contribution is 0.106. The van der Waals surface area contributed by atoms with Gasteiger partial charge in [-0.3, -0.25) is 0 Å². The average molecular weight is 184 g/mol. The summed E-state index contributed by atoms with van der Waals surface area (Å²) in [4.78, 5) is 0. The highest BCUT2D eigenvalue weighted by molar-refractivity contribution is 5.85. The van der Waals surface area contributed by atoms with Crippen LogP contribution in [-0.4, -0.2) is 6.43 Å². The molecule has 0 saturated carbocycles. The van der Waals surface area contributed by atoms with E-state index in [-0.39, 0.29) is 18.2 Å². The Balaban J connectivity index is 0.000001000. The molecule has 0 aliphatic rings. The minimum Gasteiger partial charge on any atom is -0.467 e. The molecule has 0 aliphatic heterocycles. The van der Waals surface area contributed by atoms with Crippen LogP contribution in [0, 0.1) is 0 Å². The van der Waals surface area contributed by atoms with Gasteiger partial charge in [-0.05, 0) is 12.1 Å². The lowest BCUT2D eigenvalue weighted by atomic mass is 10.2. The Labute approximate surface area is 68.8 Å². The van der Waals surface area contributed by atoms with Gasteiger partial charge in [0.2, 0.25) is 0 Å². The molecule has 5 heteroatoms. The Bertz CT molecular complexity index is 190. The second kappa shape index (κ2) is 4.31. The lowest BCUT2D eigenvalue weighted by Gasteiger charge is -2.04. The molecule has 0 aromatic carbocycles. The summed E-state index contributed by atoms with van der Waals surface area (Å²) >= 11 is 0. The van der Waals surface area contributed by atoms with Crippen molar-refractivity contribution in [1.82, 2.24) is 0 Å². The summed E-state index contributed by atoms with van der Waals surface area (Å²) in [5, 5.41) is 0. The lowest BCUT2D eigenvalue weighted by Crippen LogP contribution is -2.17. The van der Waals surface area contributed by atoms with Gasteiger partial charge in [-0.1, -0.05) is 0 Å². The molecule has 1 atom stereocenters. The first kappa shape index (κ1) is 10.4. The molecule has 2 N–H and O–H groups in total. The molecule has 0 amide bonds. The third-order valence-electron chi connectivity index (χ3n) is 1.14. The molecule has 1 rings (SSSR count). The number of furan rings is 1. The maximum Gasteiger partial charge on any atom is 0.260 e. The maximum atomic E-state index is 11.8. The van der Waals surface area contributed by atoms with E-state index in [1.807, 2.05) is 0 Å². The van der Waals surface area contributed by atoms with Crippen molar-refractivity contribution >= 4 is 12.4 Å². The van der Waals surface area contributed by atoms with Gasteiger partial charge in [-0.2, -0.15) is 0 Å². The summed E-state index contributed by atoms with van der Waals surface area (Å²) in [6.45, 7) is 0. The number of nitrogens with two attached hydrogens (primary N) is 1. The number of rotatable bonds is 2. The molecule has 0 unspecified atom stereocenters. The number of halogens is 3. The van der Waals surface area contributed by atoms with Crippen LogP contribution in [0.25, 0.3) is 0 Å². The quantitative estimate of drug-likeness (QED) is 0.762. The molecule has 64 valence electrons. The number of hydrogen-bond donors (Lipinski definition) is 1. The van der Waals surface area contributed by atoms with Crippen LogP contribution in [0.4, 0.5) is 8.78 Å². The summed E-state index contributed by atoms with van der Waals surface area (Å²) in [5.41, 5.74) is 5.04. The molecule has 11 heavy (non-hydrogen) atoms. The van der Waals surface area contributed by atoms with Crippen molar-refractivity contribution in [3.05, 3.63) is 24.2 Å². The van der Waals surface area contributed by atoms with Crippen molar-refractivity contribution in [2.45, 2.75) is 12.5 Å². The molecule has 1 aromatic heterocycles. The third-order valence-corrected chi connectivity index (χ3v) is 1.14. The van der Waals surface area contributed by atoms with Crippen LogP contribution < -0.4 is 5.73 Å². The van der Waals surface area contributed by atoms with Crippen molar-refractivity contribution in [1.29, 1.82) is 0 Å². The standard InChI is InChI=1S/C6H7F2NO.ClH/c7-6(8)5(9)4-2-1-3-10-4;/h1-3,5-6H,9H2;1H/t5-;/m1./s1. The molecule has 1 heterocycles. The maximum absolute atomic E-state index is 11.8. The topological polar surface area (TPSA) is 39.2 Å². The van der Waals surface area contributed by atoms with Gasteiger partial charge in [-0.15, -0.1) is 12.4 Å². The minimum absolute atomic E-state index is 0. The van der Waals surface area contributed by atoms with E-state index < -0.39 is 12.5 Å². The molecule has 0 radical (unpaired) electrons. The smallest absolute Gasteiger partial charge is 0.260 e. The van der Waals surface area contributed by atoms with Crippen LogP contribution >= 0.6 is 12.4 Å². The van der Waals surface area contributed by atoms with Crippen LogP contribution in [0.5, 0.6) is 0 Å². The van der Waals surface area contributed by atoms with E-state index in [9.17, 15) is 8.78 Å². The van der Waals surface area contributed by atoms with E-state index in [4.69, 9.17) is 5.73 Å². The van der Waals surface area contributed by atoms with Crippen LogP contribution in [0.1, 0.15) is 11.8 Å². The van der Waals surface area contributed by atoms with E-state index in [1.165, 1.54) is 18.4 Å². The molecule has 0 spiro atoms. The molecule has 0 bridgehead atoms. The molecular formula is C6H8ClF2NO. The van der Waals surface area contributed by atoms with Crippen molar-refractivity contribution in [3.63, 3.8) is 0 Å². The Kier molecular flexibility index (Phi) is 4.07. The van der Waals surface area contributed by atoms with Gasteiger partial charge in [0, 0.05) is 0 Å². The van der Waals surface area contributed by atoms with Gasteiger partial charge in [0.15, 0.2) is 0 Å². The molecule has 0 fully saturated rings. The van der Waals surface area contributed by atoms with E-state index >= 15 is 0 Å². The van der Waals surface area contributed by atoms with Gasteiger partial charge >= 0.3 is 0 Å². The highest BCUT2D eigenvalue weighted by Crippen LogP contribution is 2.17. The number of hydrogen-bond acceptors (Lipinski definition) is 2. The zero-order valence-corrected chi connectivity index (χ0v) is 6.35. The zero-order chi connectivity index (χ0) is 7.56. The van der Waals surface area contributed by atoms with Crippen molar-refractivity contribution < 1.29 is 13.2 Å². The zero-order valence-electron chi connectivity index (χ0n) is 5.54. The Morgan fingerprint density at radius 1 is 1.45 bits per heavy atom. The molecular weight excluding hydrogens is 176 g/mol. The summed E-state index contributed by atoms with van der Waals surface area (Å²) in [5.74, 6) is 0.120. The first-order valence-corrected chi connectivity index (χ1v) is 2.79. The fraction of sp³-hybridized carbons (Fsp3) is 0.333. The van der Waals surface area contributed by atoms with Gasteiger partial charge in [0.1, 0.15) is 11.8 Å². The first-order valence-electron chi connectivity index (χ1n) is 2.79. The molecule has 1 aromatic rings. The largest absolute Gasteiger partial charge is 0.467 e. The first-order chi connectivity index (χ1) is 4.72. The van der Waals surface area contributed by atoms with Gasteiger partial charge < -0.3 is 10.2 Å². The third kappa shape index (κ3) is 2.48. The van der Waals surface area contributed by atoms with Gasteiger partial charge in [0.05, 0.1) is 6.26 Å². The average Bonchev–Trinajstić information content (AvgIpc) is 2.36. The summed E-state index contributed by atoms with van der Waals surface area (Å²) in [6.07, 6.45) is -1.25. The highest BCUT2D eigenvalue weighted by atomic mass is 35.5. The van der Waals surface area contributed by atoms with Crippen LogP contribution in [0.15, 0.2) is 22.8 Å². The van der Waals surface area contributed by atoms with Crippen molar-refractivity contribution in [3.8, 4) is 0 Å². The monoisotopic (exact) mass is 183 g/mol. The fourth-order valence-corrected chi connectivity index (χ4v) is 0.605. The fourth-order valence-electron chi connectivity index (χ4n) is 0.605. The summed E-state index contributed by atoms with van der Waals surface area (Å²) < 4.78 is 28.3. The van der Waals surface area contributed by atoms with Crippen LogP contribution in [-0.2, 0) is 0 Å². The van der Waals surface area contributed by atoms with Crippen molar-refractivity contribution in [2.75, 3.05) is 0 Å². The second-order valence-electron chi connectivity index (χ2n) is 1.88. The highest BCUT2D eigenvalue weighted by Gasteiger charge is 2.19. The predicted octanol–water partition coefficient (Wildman–Crippen LogP) is 1.97. The molecule has 0 aliphatic carbocycles. The van der Waals surface area contributed by atoms with E-state index in [0.717, 1.165) is 0 Å². The summed E-state index contributed by atoms with van der Waals surface area (Å²) in [7, 11) is 0. The normalized spacial score (nSPS) is 12.7. The Morgan fingerprint density at radius 3 is 2.45 bits per heavy atom. The van der Waals surface area contributed by atoms with Crippen molar-refractivity contribution in [2.24, 2.45) is 5.73 Å². The number of alkyl halides is 2. The van der Waals surface area contributed by atoms with E-state index in [0.29, 0.717) is 0 Å². The van der Waals surface area contributed by atoms with Gasteiger partial charge in [-0.25, -0.2) is 8.78 Å². The second-order valence-corrected chi connectivity index (χ2v) is 1.88. The Morgan fingerprint density at radius 2 is 2.09 bits per heavy atom. The molecule has 2 nitrogen and oxygen atoms in total. The minimum atomic E-state index is -2.56. The summed E-state index contributed by atoms with van der Waals surface area (Å²) in [6, 6.07) is 1.66. The SMILES string of the molecule is Cl.N[C@H](c1ccco1)C(F)F.